The molecule has 96 valence electrons. The highest BCUT2D eigenvalue weighted by Crippen LogP contribution is 2.30. The predicted octanol–water partition coefficient (Wildman–Crippen LogP) is 3.52. The second-order valence-electron chi connectivity index (χ2n) is 4.56. The molecule has 0 bridgehead atoms. The summed E-state index contributed by atoms with van der Waals surface area (Å²) in [5.74, 6) is 0.745. The Hall–Kier alpha value is -1.94. The summed E-state index contributed by atoms with van der Waals surface area (Å²) in [6.07, 6.45) is 0.739. The number of H-pyrrole nitrogens is 1. The summed E-state index contributed by atoms with van der Waals surface area (Å²) >= 11 is 1.53. The molecule has 0 aliphatic heterocycles. The minimum Gasteiger partial charge on any atom is -0.310 e. The molecule has 0 radical (unpaired) electrons. The van der Waals surface area contributed by atoms with Crippen molar-refractivity contribution in [3.05, 3.63) is 51.4 Å². The van der Waals surface area contributed by atoms with Crippen molar-refractivity contribution in [1.29, 1.82) is 0 Å². The summed E-state index contributed by atoms with van der Waals surface area (Å²) < 4.78 is 0. The Balaban J connectivity index is 2.26. The zero-order valence-electron chi connectivity index (χ0n) is 10.9. The molecule has 0 spiro atoms. The van der Waals surface area contributed by atoms with Crippen LogP contribution in [0, 0.1) is 6.92 Å². The van der Waals surface area contributed by atoms with Crippen LogP contribution in [0.5, 0.6) is 0 Å². The molecule has 0 saturated heterocycles. The minimum absolute atomic E-state index is 0.0429. The Bertz CT molecular complexity index is 784. The highest BCUT2D eigenvalue weighted by atomic mass is 32.1. The lowest BCUT2D eigenvalue weighted by molar-refractivity contribution is 0.948. The maximum absolute atomic E-state index is 12.2. The third kappa shape index (κ3) is 2.08. The van der Waals surface area contributed by atoms with Gasteiger partial charge in [0, 0.05) is 17.4 Å². The van der Waals surface area contributed by atoms with E-state index in [1.165, 1.54) is 16.9 Å². The highest BCUT2D eigenvalue weighted by Gasteiger charge is 2.12. The van der Waals surface area contributed by atoms with E-state index >= 15 is 0 Å². The van der Waals surface area contributed by atoms with Crippen LogP contribution in [0.3, 0.4) is 0 Å². The van der Waals surface area contributed by atoms with Crippen LogP contribution in [0.25, 0.3) is 21.3 Å². The van der Waals surface area contributed by atoms with Crippen molar-refractivity contribution in [3.8, 4) is 11.1 Å². The Morgan fingerprint density at radius 1 is 1.26 bits per heavy atom. The molecule has 0 fully saturated rings. The van der Waals surface area contributed by atoms with Gasteiger partial charge in [0.2, 0.25) is 0 Å². The summed E-state index contributed by atoms with van der Waals surface area (Å²) in [7, 11) is 0. The predicted molar refractivity (Wildman–Crippen MR) is 79.8 cm³/mol. The van der Waals surface area contributed by atoms with Crippen LogP contribution < -0.4 is 5.56 Å². The first-order valence-corrected chi connectivity index (χ1v) is 7.14. The van der Waals surface area contributed by atoms with E-state index in [0.29, 0.717) is 5.39 Å². The number of aromatic nitrogens is 2. The molecule has 3 nitrogen and oxygen atoms in total. The van der Waals surface area contributed by atoms with E-state index in [-0.39, 0.29) is 5.56 Å². The van der Waals surface area contributed by atoms with Crippen molar-refractivity contribution in [1.82, 2.24) is 9.97 Å². The van der Waals surface area contributed by atoms with Crippen molar-refractivity contribution in [2.24, 2.45) is 0 Å². The number of hydrogen-bond donors (Lipinski definition) is 1. The van der Waals surface area contributed by atoms with Gasteiger partial charge in [0.05, 0.1) is 5.39 Å². The van der Waals surface area contributed by atoms with E-state index < -0.39 is 0 Å². The third-order valence-electron chi connectivity index (χ3n) is 3.19. The number of rotatable bonds is 2. The first kappa shape index (κ1) is 12.1. The van der Waals surface area contributed by atoms with Gasteiger partial charge in [0.25, 0.3) is 5.56 Å². The fraction of sp³-hybridized carbons (Fsp3) is 0.200. The van der Waals surface area contributed by atoms with Gasteiger partial charge in [0.15, 0.2) is 0 Å². The molecule has 1 N–H and O–H groups in total. The SMILES string of the molecule is CCc1nc2scc(-c3ccc(C)cc3)c2c(=O)[nH]1. The third-order valence-corrected chi connectivity index (χ3v) is 4.06. The molecule has 0 aliphatic carbocycles. The van der Waals surface area contributed by atoms with Crippen molar-refractivity contribution in [2.45, 2.75) is 20.3 Å². The number of nitrogens with zero attached hydrogens (tertiary/aromatic N) is 1. The van der Waals surface area contributed by atoms with Gasteiger partial charge in [-0.15, -0.1) is 11.3 Å². The molecule has 19 heavy (non-hydrogen) atoms. The molecule has 3 aromatic rings. The van der Waals surface area contributed by atoms with Crippen molar-refractivity contribution in [2.75, 3.05) is 0 Å². The normalized spacial score (nSPS) is 11.1. The number of thiophene rings is 1. The van der Waals surface area contributed by atoms with Crippen LogP contribution >= 0.6 is 11.3 Å². The number of hydrogen-bond acceptors (Lipinski definition) is 3. The van der Waals surface area contributed by atoms with Gasteiger partial charge in [-0.25, -0.2) is 4.98 Å². The molecule has 0 saturated carbocycles. The summed E-state index contributed by atoms with van der Waals surface area (Å²) in [5, 5.41) is 2.71. The standard InChI is InChI=1S/C15H14N2OS/c1-3-12-16-14(18)13-11(8-19-15(13)17-12)10-6-4-9(2)5-7-10/h4-8H,3H2,1-2H3,(H,16,17,18). The van der Waals surface area contributed by atoms with Crippen LogP contribution in [0.1, 0.15) is 18.3 Å². The zero-order chi connectivity index (χ0) is 13.4. The molecular weight excluding hydrogens is 256 g/mol. The average Bonchev–Trinajstić information content (AvgIpc) is 2.84. The minimum atomic E-state index is -0.0429. The fourth-order valence-electron chi connectivity index (χ4n) is 2.11. The number of aromatic amines is 1. The lowest BCUT2D eigenvalue weighted by atomic mass is 10.1. The van der Waals surface area contributed by atoms with E-state index in [4.69, 9.17) is 0 Å². The number of aryl methyl sites for hydroxylation is 2. The summed E-state index contributed by atoms with van der Waals surface area (Å²) in [6.45, 7) is 4.04. The Morgan fingerprint density at radius 2 is 2.00 bits per heavy atom. The maximum atomic E-state index is 12.2. The molecule has 3 rings (SSSR count). The second kappa shape index (κ2) is 4.63. The van der Waals surface area contributed by atoms with E-state index in [9.17, 15) is 4.79 Å². The van der Waals surface area contributed by atoms with Crippen LogP contribution in [0.4, 0.5) is 0 Å². The molecule has 2 heterocycles. The molecule has 0 amide bonds. The lowest BCUT2D eigenvalue weighted by Gasteiger charge is -2.01. The fourth-order valence-corrected chi connectivity index (χ4v) is 3.07. The topological polar surface area (TPSA) is 45.8 Å². The number of fused-ring (bicyclic) bond motifs is 1. The highest BCUT2D eigenvalue weighted by molar-refractivity contribution is 7.17. The quantitative estimate of drug-likeness (QED) is 0.774. The van der Waals surface area contributed by atoms with Gasteiger partial charge in [0.1, 0.15) is 10.7 Å². The molecule has 4 heteroatoms. The first-order valence-electron chi connectivity index (χ1n) is 6.26. The van der Waals surface area contributed by atoms with Crippen LogP contribution in [-0.2, 0) is 6.42 Å². The van der Waals surface area contributed by atoms with E-state index in [1.807, 2.05) is 24.4 Å². The van der Waals surface area contributed by atoms with Gasteiger partial charge in [-0.3, -0.25) is 4.79 Å². The monoisotopic (exact) mass is 270 g/mol. The smallest absolute Gasteiger partial charge is 0.260 e. The van der Waals surface area contributed by atoms with E-state index in [1.54, 1.807) is 0 Å². The Labute approximate surface area is 115 Å². The molecule has 0 atom stereocenters. The summed E-state index contributed by atoms with van der Waals surface area (Å²) in [6, 6.07) is 8.20. The first-order chi connectivity index (χ1) is 9.19. The maximum Gasteiger partial charge on any atom is 0.260 e. The van der Waals surface area contributed by atoms with Gasteiger partial charge in [-0.1, -0.05) is 36.8 Å². The number of nitrogens with one attached hydrogen (secondary N) is 1. The zero-order valence-corrected chi connectivity index (χ0v) is 11.7. The van der Waals surface area contributed by atoms with Crippen LogP contribution in [0.15, 0.2) is 34.4 Å². The molecule has 0 aliphatic rings. The molecular formula is C15H14N2OS. The average molecular weight is 270 g/mol. The van der Waals surface area contributed by atoms with Gasteiger partial charge < -0.3 is 4.98 Å². The second-order valence-corrected chi connectivity index (χ2v) is 5.42. The van der Waals surface area contributed by atoms with Crippen LogP contribution in [0.2, 0.25) is 0 Å². The number of benzene rings is 1. The van der Waals surface area contributed by atoms with E-state index in [0.717, 1.165) is 28.2 Å². The molecule has 0 unspecified atom stereocenters. The summed E-state index contributed by atoms with van der Waals surface area (Å²) in [5.41, 5.74) is 3.20. The summed E-state index contributed by atoms with van der Waals surface area (Å²) in [4.78, 5) is 20.3. The Morgan fingerprint density at radius 3 is 2.68 bits per heavy atom. The van der Waals surface area contributed by atoms with E-state index in [2.05, 4.69) is 29.0 Å². The van der Waals surface area contributed by atoms with Crippen molar-refractivity contribution < 1.29 is 0 Å². The largest absolute Gasteiger partial charge is 0.310 e. The molecule has 2 aromatic heterocycles. The van der Waals surface area contributed by atoms with Gasteiger partial charge in [-0.2, -0.15) is 0 Å². The molecule has 1 aromatic carbocycles. The van der Waals surface area contributed by atoms with Crippen molar-refractivity contribution >= 4 is 21.6 Å². The Kier molecular flexibility index (Phi) is 2.95. The van der Waals surface area contributed by atoms with Crippen LogP contribution in [-0.4, -0.2) is 9.97 Å². The van der Waals surface area contributed by atoms with Gasteiger partial charge >= 0.3 is 0 Å². The lowest BCUT2D eigenvalue weighted by Crippen LogP contribution is -2.10. The van der Waals surface area contributed by atoms with Crippen molar-refractivity contribution in [3.63, 3.8) is 0 Å². The van der Waals surface area contributed by atoms with Gasteiger partial charge in [-0.05, 0) is 12.5 Å².